The van der Waals surface area contributed by atoms with Crippen molar-refractivity contribution in [2.45, 2.75) is 20.4 Å². The van der Waals surface area contributed by atoms with Crippen molar-refractivity contribution < 1.29 is 4.74 Å². The van der Waals surface area contributed by atoms with E-state index in [1.807, 2.05) is 44.3 Å². The molecule has 0 spiro atoms. The Bertz CT molecular complexity index is 902. The average molecular weight is 370 g/mol. The first-order chi connectivity index (χ1) is 12.5. The van der Waals surface area contributed by atoms with E-state index >= 15 is 0 Å². The fraction of sp³-hybridized carbons (Fsp3) is 0.211. The van der Waals surface area contributed by atoms with Gasteiger partial charge in [-0.3, -0.25) is 4.98 Å². The molecule has 6 nitrogen and oxygen atoms in total. The number of hydrogen-bond acceptors (Lipinski definition) is 6. The first-order valence-corrected chi connectivity index (χ1v) is 8.52. The molecule has 0 radical (unpaired) electrons. The smallest absolute Gasteiger partial charge is 0.225 e. The molecule has 2 aromatic heterocycles. The molecule has 0 atom stereocenters. The molecule has 0 aliphatic heterocycles. The van der Waals surface area contributed by atoms with Crippen LogP contribution < -0.4 is 15.4 Å². The van der Waals surface area contributed by atoms with Crippen LogP contribution in [-0.2, 0) is 6.54 Å². The number of ether oxygens (including phenoxy) is 1. The third-order valence-corrected chi connectivity index (χ3v) is 4.18. The van der Waals surface area contributed by atoms with Gasteiger partial charge in [-0.05, 0) is 37.1 Å². The summed E-state index contributed by atoms with van der Waals surface area (Å²) in [7, 11) is 1.61. The highest BCUT2D eigenvalue weighted by molar-refractivity contribution is 6.31. The minimum Gasteiger partial charge on any atom is -0.495 e. The molecule has 0 saturated heterocycles. The molecule has 0 fully saturated rings. The lowest BCUT2D eigenvalue weighted by atomic mass is 10.2. The summed E-state index contributed by atoms with van der Waals surface area (Å²) in [5, 5.41) is 7.16. The number of rotatable bonds is 6. The number of pyridine rings is 1. The molecule has 1 aromatic carbocycles. The number of aryl methyl sites for hydroxylation is 2. The van der Waals surface area contributed by atoms with E-state index in [2.05, 4.69) is 25.6 Å². The fourth-order valence-corrected chi connectivity index (χ4v) is 2.62. The molecule has 0 amide bonds. The number of nitrogens with zero attached hydrogens (tertiary/aromatic N) is 3. The Balaban J connectivity index is 1.81. The number of methoxy groups -OCH3 is 1. The Hall–Kier alpha value is -2.86. The second kappa shape index (κ2) is 8.01. The predicted molar refractivity (Wildman–Crippen MR) is 104 cm³/mol. The molecule has 3 rings (SSSR count). The summed E-state index contributed by atoms with van der Waals surface area (Å²) < 4.78 is 5.41. The van der Waals surface area contributed by atoms with Gasteiger partial charge < -0.3 is 15.4 Å². The van der Waals surface area contributed by atoms with Crippen LogP contribution in [0.25, 0.3) is 0 Å². The van der Waals surface area contributed by atoms with E-state index in [1.54, 1.807) is 19.4 Å². The van der Waals surface area contributed by atoms with Gasteiger partial charge in [-0.2, -0.15) is 4.98 Å². The minimum absolute atomic E-state index is 0.543. The number of benzene rings is 1. The maximum Gasteiger partial charge on any atom is 0.225 e. The summed E-state index contributed by atoms with van der Waals surface area (Å²) >= 11 is 6.17. The van der Waals surface area contributed by atoms with Crippen LogP contribution in [0.15, 0.2) is 42.7 Å². The minimum atomic E-state index is 0.543. The highest BCUT2D eigenvalue weighted by atomic mass is 35.5. The zero-order valence-electron chi connectivity index (χ0n) is 14.9. The molecule has 0 bridgehead atoms. The largest absolute Gasteiger partial charge is 0.495 e. The number of hydrogen-bond donors (Lipinski definition) is 2. The number of anilines is 3. The van der Waals surface area contributed by atoms with Crippen molar-refractivity contribution in [1.82, 2.24) is 15.0 Å². The van der Waals surface area contributed by atoms with Gasteiger partial charge in [0.25, 0.3) is 0 Å². The summed E-state index contributed by atoms with van der Waals surface area (Å²) in [5.74, 6) is 1.87. The zero-order valence-corrected chi connectivity index (χ0v) is 15.6. The van der Waals surface area contributed by atoms with E-state index in [0.29, 0.717) is 29.1 Å². The molecule has 0 unspecified atom stereocenters. The van der Waals surface area contributed by atoms with Crippen LogP contribution in [0, 0.1) is 13.8 Å². The highest BCUT2D eigenvalue weighted by Crippen LogP contribution is 2.32. The SMILES string of the molecule is COc1cc(Cl)c(C)cc1Nc1cc(C)nc(NCc2cccnc2)n1. The lowest BCUT2D eigenvalue weighted by molar-refractivity contribution is 0.416. The third kappa shape index (κ3) is 4.40. The topological polar surface area (TPSA) is 72.0 Å². The van der Waals surface area contributed by atoms with Crippen LogP contribution in [0.1, 0.15) is 16.8 Å². The van der Waals surface area contributed by atoms with Crippen molar-refractivity contribution in [3.8, 4) is 5.75 Å². The maximum absolute atomic E-state index is 6.17. The molecule has 7 heteroatoms. The molecule has 2 heterocycles. The quantitative estimate of drug-likeness (QED) is 0.666. The van der Waals surface area contributed by atoms with Crippen molar-refractivity contribution in [2.24, 2.45) is 0 Å². The average Bonchev–Trinajstić information content (AvgIpc) is 2.63. The third-order valence-electron chi connectivity index (χ3n) is 3.77. The molecule has 26 heavy (non-hydrogen) atoms. The van der Waals surface area contributed by atoms with Crippen LogP contribution in [0.2, 0.25) is 5.02 Å². The van der Waals surface area contributed by atoms with Gasteiger partial charge in [-0.25, -0.2) is 4.98 Å². The lowest BCUT2D eigenvalue weighted by Crippen LogP contribution is -2.07. The monoisotopic (exact) mass is 369 g/mol. The Labute approximate surface area is 157 Å². The molecular weight excluding hydrogens is 350 g/mol. The summed E-state index contributed by atoms with van der Waals surface area (Å²) in [6.07, 6.45) is 3.56. The van der Waals surface area contributed by atoms with Crippen molar-refractivity contribution in [1.29, 1.82) is 0 Å². The highest BCUT2D eigenvalue weighted by Gasteiger charge is 2.09. The summed E-state index contributed by atoms with van der Waals surface area (Å²) in [6.45, 7) is 4.46. The first kappa shape index (κ1) is 17.9. The van der Waals surface area contributed by atoms with E-state index in [9.17, 15) is 0 Å². The summed E-state index contributed by atoms with van der Waals surface area (Å²) in [6, 6.07) is 9.49. The Morgan fingerprint density at radius 1 is 1.15 bits per heavy atom. The molecule has 134 valence electrons. The summed E-state index contributed by atoms with van der Waals surface area (Å²) in [5.41, 5.74) is 3.66. The maximum atomic E-state index is 6.17. The number of nitrogens with one attached hydrogen (secondary N) is 2. The van der Waals surface area contributed by atoms with E-state index in [1.165, 1.54) is 0 Å². The summed E-state index contributed by atoms with van der Waals surface area (Å²) in [4.78, 5) is 13.1. The van der Waals surface area contributed by atoms with Gasteiger partial charge in [0.05, 0.1) is 12.8 Å². The van der Waals surface area contributed by atoms with Crippen LogP contribution in [-0.4, -0.2) is 22.1 Å². The normalized spacial score (nSPS) is 10.5. The van der Waals surface area contributed by atoms with E-state index in [4.69, 9.17) is 16.3 Å². The van der Waals surface area contributed by atoms with E-state index in [-0.39, 0.29) is 0 Å². The number of halogens is 1. The Morgan fingerprint density at radius 3 is 2.73 bits per heavy atom. The van der Waals surface area contributed by atoms with E-state index in [0.717, 1.165) is 22.5 Å². The second-order valence-corrected chi connectivity index (χ2v) is 6.27. The zero-order chi connectivity index (χ0) is 18.5. The molecule has 2 N–H and O–H groups in total. The first-order valence-electron chi connectivity index (χ1n) is 8.15. The second-order valence-electron chi connectivity index (χ2n) is 5.86. The van der Waals surface area contributed by atoms with Crippen molar-refractivity contribution in [3.05, 3.63) is 64.6 Å². The van der Waals surface area contributed by atoms with Gasteiger partial charge in [0, 0.05) is 41.8 Å². The predicted octanol–water partition coefficient (Wildman–Crippen LogP) is 4.51. The Morgan fingerprint density at radius 2 is 2.00 bits per heavy atom. The van der Waals surface area contributed by atoms with Gasteiger partial charge in [0.15, 0.2) is 0 Å². The Kier molecular flexibility index (Phi) is 5.53. The van der Waals surface area contributed by atoms with Crippen LogP contribution in [0.5, 0.6) is 5.75 Å². The molecule has 3 aromatic rings. The molecule has 0 saturated carbocycles. The van der Waals surface area contributed by atoms with Gasteiger partial charge in [-0.1, -0.05) is 17.7 Å². The number of aromatic nitrogens is 3. The van der Waals surface area contributed by atoms with Gasteiger partial charge in [-0.15, -0.1) is 0 Å². The van der Waals surface area contributed by atoms with Crippen molar-refractivity contribution >= 4 is 29.1 Å². The fourth-order valence-electron chi connectivity index (χ4n) is 2.46. The van der Waals surface area contributed by atoms with Gasteiger partial charge in [0.1, 0.15) is 11.6 Å². The van der Waals surface area contributed by atoms with Gasteiger partial charge in [0.2, 0.25) is 5.95 Å². The molecule has 0 aliphatic carbocycles. The van der Waals surface area contributed by atoms with Crippen LogP contribution >= 0.6 is 11.6 Å². The lowest BCUT2D eigenvalue weighted by Gasteiger charge is -2.14. The van der Waals surface area contributed by atoms with Crippen LogP contribution in [0.4, 0.5) is 17.5 Å². The van der Waals surface area contributed by atoms with Crippen LogP contribution in [0.3, 0.4) is 0 Å². The molecular formula is C19H20ClN5O. The van der Waals surface area contributed by atoms with E-state index < -0.39 is 0 Å². The van der Waals surface area contributed by atoms with Crippen molar-refractivity contribution in [2.75, 3.05) is 17.7 Å². The standard InChI is InChI=1S/C19H20ClN5O/c1-12-7-16(17(26-3)9-15(12)20)24-18-8-13(2)23-19(25-18)22-11-14-5-4-6-21-10-14/h4-10H,11H2,1-3H3,(H2,22,23,24,25). The van der Waals surface area contributed by atoms with Gasteiger partial charge >= 0.3 is 0 Å². The molecule has 0 aliphatic rings. The van der Waals surface area contributed by atoms with Crippen molar-refractivity contribution in [3.63, 3.8) is 0 Å².